The van der Waals surface area contributed by atoms with E-state index < -0.39 is 0 Å². The molecule has 2 rings (SSSR count). The third kappa shape index (κ3) is 4.59. The van der Waals surface area contributed by atoms with Gasteiger partial charge in [-0.3, -0.25) is 0 Å². The molecular formula is C13H18BrClN2OS. The highest BCUT2D eigenvalue weighted by molar-refractivity contribution is 9.10. The lowest BCUT2D eigenvalue weighted by Crippen LogP contribution is -2.09. The fraction of sp³-hybridized carbons (Fsp3) is 0.692. The molecule has 0 atom stereocenters. The summed E-state index contributed by atoms with van der Waals surface area (Å²) in [6.07, 6.45) is 6.73. The monoisotopic (exact) mass is 364 g/mol. The van der Waals surface area contributed by atoms with E-state index in [1.54, 1.807) is 7.11 Å². The Bertz CT molecular complexity index is 427. The SMILES string of the molecule is COCc1nc(CSC2CCCCC2)nc(Cl)c1Br. The molecule has 0 bridgehead atoms. The number of thioether (sulfide) groups is 1. The summed E-state index contributed by atoms with van der Waals surface area (Å²) in [5.74, 6) is 1.63. The molecule has 0 radical (unpaired) electrons. The quantitative estimate of drug-likeness (QED) is 0.714. The Morgan fingerprint density at radius 3 is 2.74 bits per heavy atom. The van der Waals surface area contributed by atoms with Crippen LogP contribution in [0.25, 0.3) is 0 Å². The Hall–Kier alpha value is 0.160. The molecule has 106 valence electrons. The van der Waals surface area contributed by atoms with Crippen molar-refractivity contribution in [1.82, 2.24) is 9.97 Å². The minimum Gasteiger partial charge on any atom is -0.378 e. The molecular weight excluding hydrogens is 348 g/mol. The molecule has 0 amide bonds. The zero-order valence-electron chi connectivity index (χ0n) is 11.0. The van der Waals surface area contributed by atoms with Crippen LogP contribution >= 0.6 is 39.3 Å². The summed E-state index contributed by atoms with van der Waals surface area (Å²) < 4.78 is 5.87. The Morgan fingerprint density at radius 2 is 2.05 bits per heavy atom. The van der Waals surface area contributed by atoms with Crippen LogP contribution in [0.15, 0.2) is 4.47 Å². The van der Waals surface area contributed by atoms with Gasteiger partial charge in [0, 0.05) is 12.4 Å². The van der Waals surface area contributed by atoms with Crippen LogP contribution in [0, 0.1) is 0 Å². The normalized spacial score (nSPS) is 16.8. The number of nitrogens with zero attached hydrogens (tertiary/aromatic N) is 2. The van der Waals surface area contributed by atoms with Crippen molar-refractivity contribution in [3.63, 3.8) is 0 Å². The molecule has 0 saturated heterocycles. The highest BCUT2D eigenvalue weighted by atomic mass is 79.9. The van der Waals surface area contributed by atoms with Gasteiger partial charge in [-0.2, -0.15) is 11.8 Å². The van der Waals surface area contributed by atoms with Crippen LogP contribution in [-0.2, 0) is 17.1 Å². The molecule has 19 heavy (non-hydrogen) atoms. The van der Waals surface area contributed by atoms with Crippen molar-refractivity contribution in [3.8, 4) is 0 Å². The van der Waals surface area contributed by atoms with Crippen LogP contribution in [0.2, 0.25) is 5.15 Å². The molecule has 3 nitrogen and oxygen atoms in total. The molecule has 1 aromatic rings. The molecule has 6 heteroatoms. The molecule has 1 saturated carbocycles. The van der Waals surface area contributed by atoms with Crippen LogP contribution in [0.1, 0.15) is 43.6 Å². The Labute approximate surface area is 132 Å². The Kier molecular flexibility index (Phi) is 6.39. The molecule has 0 unspecified atom stereocenters. The lowest BCUT2D eigenvalue weighted by molar-refractivity contribution is 0.180. The third-order valence-corrected chi connectivity index (χ3v) is 5.91. The van der Waals surface area contributed by atoms with E-state index in [1.807, 2.05) is 11.8 Å². The van der Waals surface area contributed by atoms with Gasteiger partial charge < -0.3 is 4.74 Å². The van der Waals surface area contributed by atoms with Crippen LogP contribution < -0.4 is 0 Å². The number of aromatic nitrogens is 2. The first kappa shape index (κ1) is 15.5. The molecule has 0 N–H and O–H groups in total. The van der Waals surface area contributed by atoms with Gasteiger partial charge in [-0.25, -0.2) is 9.97 Å². The molecule has 1 aliphatic carbocycles. The lowest BCUT2D eigenvalue weighted by atomic mass is 10.0. The van der Waals surface area contributed by atoms with Crippen LogP contribution in [0.4, 0.5) is 0 Å². The van der Waals surface area contributed by atoms with Crippen molar-refractivity contribution >= 4 is 39.3 Å². The van der Waals surface area contributed by atoms with E-state index in [2.05, 4.69) is 25.9 Å². The summed E-state index contributed by atoms with van der Waals surface area (Å²) in [6, 6.07) is 0. The van der Waals surface area contributed by atoms with Gasteiger partial charge in [0.05, 0.1) is 22.5 Å². The van der Waals surface area contributed by atoms with E-state index >= 15 is 0 Å². The summed E-state index contributed by atoms with van der Waals surface area (Å²) >= 11 is 11.5. The fourth-order valence-electron chi connectivity index (χ4n) is 2.23. The first-order valence-corrected chi connectivity index (χ1v) is 8.74. The minimum absolute atomic E-state index is 0.448. The first-order chi connectivity index (χ1) is 9.20. The van der Waals surface area contributed by atoms with Crippen molar-refractivity contribution in [2.75, 3.05) is 7.11 Å². The van der Waals surface area contributed by atoms with Crippen molar-refractivity contribution in [2.24, 2.45) is 0 Å². The summed E-state index contributed by atoms with van der Waals surface area (Å²) in [4.78, 5) is 8.85. The molecule has 1 heterocycles. The molecule has 1 aromatic heterocycles. The minimum atomic E-state index is 0.448. The maximum absolute atomic E-state index is 6.11. The number of hydrogen-bond donors (Lipinski definition) is 0. The van der Waals surface area contributed by atoms with Crippen molar-refractivity contribution in [1.29, 1.82) is 0 Å². The summed E-state index contributed by atoms with van der Waals surface area (Å²) in [6.45, 7) is 0.448. The van der Waals surface area contributed by atoms with Crippen LogP contribution in [0.3, 0.4) is 0 Å². The first-order valence-electron chi connectivity index (χ1n) is 6.52. The van der Waals surface area contributed by atoms with Crippen LogP contribution in [-0.4, -0.2) is 22.3 Å². The molecule has 1 aliphatic rings. The van der Waals surface area contributed by atoms with Crippen molar-refractivity contribution in [3.05, 3.63) is 21.1 Å². The standard InChI is InChI=1S/C13H18BrClN2OS/c1-18-7-10-12(14)13(15)17-11(16-10)8-19-9-5-3-2-4-6-9/h9H,2-8H2,1H3. The highest BCUT2D eigenvalue weighted by Crippen LogP contribution is 2.31. The smallest absolute Gasteiger partial charge is 0.147 e. The van der Waals surface area contributed by atoms with Gasteiger partial charge >= 0.3 is 0 Å². The number of rotatable bonds is 5. The van der Waals surface area contributed by atoms with Gasteiger partial charge in [0.15, 0.2) is 0 Å². The van der Waals surface area contributed by atoms with Gasteiger partial charge in [0.25, 0.3) is 0 Å². The van der Waals surface area contributed by atoms with Crippen LogP contribution in [0.5, 0.6) is 0 Å². The maximum Gasteiger partial charge on any atom is 0.147 e. The van der Waals surface area contributed by atoms with E-state index in [0.717, 1.165) is 27.0 Å². The number of methoxy groups -OCH3 is 1. The molecule has 1 fully saturated rings. The average molecular weight is 366 g/mol. The second-order valence-electron chi connectivity index (χ2n) is 4.70. The van der Waals surface area contributed by atoms with Crippen molar-refractivity contribution in [2.45, 2.75) is 49.7 Å². The predicted octanol–water partition coefficient (Wildman–Crippen LogP) is 4.60. The van der Waals surface area contributed by atoms with E-state index in [1.165, 1.54) is 32.1 Å². The summed E-state index contributed by atoms with van der Waals surface area (Å²) in [7, 11) is 1.65. The van der Waals surface area contributed by atoms with Gasteiger partial charge in [-0.15, -0.1) is 0 Å². The zero-order valence-corrected chi connectivity index (χ0v) is 14.2. The van der Waals surface area contributed by atoms with Gasteiger partial charge in [-0.05, 0) is 28.8 Å². The van der Waals surface area contributed by atoms with E-state index in [-0.39, 0.29) is 0 Å². The average Bonchev–Trinajstić information content (AvgIpc) is 2.43. The molecule has 0 spiro atoms. The topological polar surface area (TPSA) is 35.0 Å². The second-order valence-corrected chi connectivity index (χ2v) is 7.14. The number of halogens is 2. The third-order valence-electron chi connectivity index (χ3n) is 3.21. The zero-order chi connectivity index (χ0) is 13.7. The Balaban J connectivity index is 1.99. The van der Waals surface area contributed by atoms with E-state index in [9.17, 15) is 0 Å². The maximum atomic E-state index is 6.11. The molecule has 0 aliphatic heterocycles. The van der Waals surface area contributed by atoms with Gasteiger partial charge in [0.2, 0.25) is 0 Å². The van der Waals surface area contributed by atoms with Gasteiger partial charge in [0.1, 0.15) is 11.0 Å². The Morgan fingerprint density at radius 1 is 1.32 bits per heavy atom. The lowest BCUT2D eigenvalue weighted by Gasteiger charge is -2.20. The summed E-state index contributed by atoms with van der Waals surface area (Å²) in [5, 5.41) is 1.23. The van der Waals surface area contributed by atoms with Gasteiger partial charge in [-0.1, -0.05) is 30.9 Å². The van der Waals surface area contributed by atoms with Crippen molar-refractivity contribution < 1.29 is 4.74 Å². The largest absolute Gasteiger partial charge is 0.378 e. The highest BCUT2D eigenvalue weighted by Gasteiger charge is 2.16. The number of ether oxygens (including phenoxy) is 1. The van der Waals surface area contributed by atoms with E-state index in [4.69, 9.17) is 16.3 Å². The second kappa shape index (κ2) is 7.81. The summed E-state index contributed by atoms with van der Waals surface area (Å²) in [5.41, 5.74) is 0.821. The molecule has 0 aromatic carbocycles. The number of hydrogen-bond acceptors (Lipinski definition) is 4. The fourth-order valence-corrected chi connectivity index (χ4v) is 3.91. The predicted molar refractivity (Wildman–Crippen MR) is 83.6 cm³/mol. The van der Waals surface area contributed by atoms with E-state index in [0.29, 0.717) is 11.8 Å².